The first kappa shape index (κ1) is 14.6. The highest BCUT2D eigenvalue weighted by Crippen LogP contribution is 2.12. The Balaban J connectivity index is 2.47. The van der Waals surface area contributed by atoms with E-state index < -0.39 is 0 Å². The van der Waals surface area contributed by atoms with Crippen LogP contribution in [0.2, 0.25) is 0 Å². The fourth-order valence-corrected chi connectivity index (χ4v) is 1.83. The Labute approximate surface area is 110 Å². The number of esters is 1. The normalized spacial score (nSPS) is 11.9. The number of carbonyl (C=O) groups is 1. The fraction of sp³-hybridized carbons (Fsp3) is 0.533. The van der Waals surface area contributed by atoms with Crippen LogP contribution >= 0.6 is 0 Å². The molecular formula is C15H23NO2. The van der Waals surface area contributed by atoms with Crippen molar-refractivity contribution in [2.75, 3.05) is 18.5 Å². The van der Waals surface area contributed by atoms with Gasteiger partial charge in [-0.1, -0.05) is 20.3 Å². The lowest BCUT2D eigenvalue weighted by molar-refractivity contribution is 0.0526. The molecule has 0 aliphatic rings. The Bertz CT molecular complexity index is 359. The van der Waals surface area contributed by atoms with Gasteiger partial charge in [-0.05, 0) is 43.5 Å². The lowest BCUT2D eigenvalue weighted by Crippen LogP contribution is -2.11. The van der Waals surface area contributed by atoms with Gasteiger partial charge >= 0.3 is 5.97 Å². The number of hydrogen-bond donors (Lipinski definition) is 1. The summed E-state index contributed by atoms with van der Waals surface area (Å²) in [5.41, 5.74) is 1.65. The molecule has 1 N–H and O–H groups in total. The van der Waals surface area contributed by atoms with E-state index >= 15 is 0 Å². The third-order valence-corrected chi connectivity index (χ3v) is 2.83. The second kappa shape index (κ2) is 7.75. The number of nitrogens with one attached hydrogen (secondary N) is 1. The first-order valence-corrected chi connectivity index (χ1v) is 6.68. The van der Waals surface area contributed by atoms with Crippen molar-refractivity contribution in [3.8, 4) is 0 Å². The second-order valence-corrected chi connectivity index (χ2v) is 4.57. The van der Waals surface area contributed by atoms with E-state index in [1.807, 2.05) is 19.1 Å². The molecular weight excluding hydrogens is 226 g/mol. The molecule has 0 heterocycles. The van der Waals surface area contributed by atoms with E-state index in [1.54, 1.807) is 12.1 Å². The zero-order chi connectivity index (χ0) is 13.4. The summed E-state index contributed by atoms with van der Waals surface area (Å²) in [7, 11) is 0. The number of rotatable bonds is 7. The molecule has 1 atom stereocenters. The van der Waals surface area contributed by atoms with Crippen molar-refractivity contribution in [3.63, 3.8) is 0 Å². The third kappa shape index (κ3) is 4.78. The maximum absolute atomic E-state index is 11.5. The maximum atomic E-state index is 11.5. The molecule has 0 amide bonds. The van der Waals surface area contributed by atoms with Crippen molar-refractivity contribution in [1.29, 1.82) is 0 Å². The van der Waals surface area contributed by atoms with Gasteiger partial charge in [-0.3, -0.25) is 0 Å². The van der Waals surface area contributed by atoms with Crippen LogP contribution in [0, 0.1) is 5.92 Å². The summed E-state index contributed by atoms with van der Waals surface area (Å²) in [6, 6.07) is 7.44. The van der Waals surface area contributed by atoms with E-state index in [-0.39, 0.29) is 5.97 Å². The van der Waals surface area contributed by atoms with E-state index in [0.29, 0.717) is 18.1 Å². The maximum Gasteiger partial charge on any atom is 0.338 e. The minimum atomic E-state index is -0.261. The summed E-state index contributed by atoms with van der Waals surface area (Å²) in [4.78, 5) is 11.5. The topological polar surface area (TPSA) is 38.3 Å². The van der Waals surface area contributed by atoms with Crippen molar-refractivity contribution >= 4 is 11.7 Å². The van der Waals surface area contributed by atoms with Crippen molar-refractivity contribution < 1.29 is 9.53 Å². The molecule has 0 saturated carbocycles. The molecule has 0 aromatic heterocycles. The highest BCUT2D eigenvalue weighted by Gasteiger charge is 2.06. The van der Waals surface area contributed by atoms with Crippen LogP contribution in [0.5, 0.6) is 0 Å². The van der Waals surface area contributed by atoms with Gasteiger partial charge in [-0.15, -0.1) is 0 Å². The summed E-state index contributed by atoms with van der Waals surface area (Å²) in [6.07, 6.45) is 2.44. The molecule has 1 aromatic rings. The Morgan fingerprint density at radius 3 is 2.50 bits per heavy atom. The van der Waals surface area contributed by atoms with Crippen LogP contribution in [0.4, 0.5) is 5.69 Å². The number of hydrogen-bond acceptors (Lipinski definition) is 3. The van der Waals surface area contributed by atoms with Gasteiger partial charge in [0.1, 0.15) is 0 Å². The molecule has 100 valence electrons. The van der Waals surface area contributed by atoms with Gasteiger partial charge in [-0.25, -0.2) is 4.79 Å². The van der Waals surface area contributed by atoms with Gasteiger partial charge in [0.15, 0.2) is 0 Å². The van der Waals surface area contributed by atoms with Crippen LogP contribution in [0.3, 0.4) is 0 Å². The molecule has 0 bridgehead atoms. The van der Waals surface area contributed by atoms with Gasteiger partial charge in [0, 0.05) is 12.2 Å². The van der Waals surface area contributed by atoms with Gasteiger partial charge in [0.05, 0.1) is 12.2 Å². The molecule has 0 saturated heterocycles. The molecule has 1 aromatic carbocycles. The summed E-state index contributed by atoms with van der Waals surface area (Å²) in [5, 5.41) is 3.38. The van der Waals surface area contributed by atoms with Crippen molar-refractivity contribution in [2.45, 2.75) is 33.6 Å². The molecule has 0 radical (unpaired) electrons. The first-order valence-electron chi connectivity index (χ1n) is 6.68. The summed E-state index contributed by atoms with van der Waals surface area (Å²) in [6.45, 7) is 7.62. The number of anilines is 1. The van der Waals surface area contributed by atoms with Crippen LogP contribution in [0.1, 0.15) is 44.0 Å². The van der Waals surface area contributed by atoms with Crippen LogP contribution < -0.4 is 5.32 Å². The fourth-order valence-electron chi connectivity index (χ4n) is 1.83. The molecule has 0 aliphatic heterocycles. The molecule has 0 aliphatic carbocycles. The average molecular weight is 249 g/mol. The lowest BCUT2D eigenvalue weighted by Gasteiger charge is -2.12. The van der Waals surface area contributed by atoms with Crippen LogP contribution in [-0.2, 0) is 4.74 Å². The standard InChI is InChI=1S/C15H23NO2/c1-4-6-12(3)11-16-14-9-7-13(8-10-14)15(17)18-5-2/h7-10,12,16H,4-6,11H2,1-3H3. The molecule has 0 fully saturated rings. The highest BCUT2D eigenvalue weighted by atomic mass is 16.5. The van der Waals surface area contributed by atoms with E-state index in [9.17, 15) is 4.79 Å². The van der Waals surface area contributed by atoms with Gasteiger partial charge in [0.25, 0.3) is 0 Å². The summed E-state index contributed by atoms with van der Waals surface area (Å²) in [5.74, 6) is 0.406. The first-order chi connectivity index (χ1) is 8.67. The Morgan fingerprint density at radius 2 is 1.94 bits per heavy atom. The van der Waals surface area contributed by atoms with Gasteiger partial charge in [0.2, 0.25) is 0 Å². The number of ether oxygens (including phenoxy) is 1. The quantitative estimate of drug-likeness (QED) is 0.749. The SMILES string of the molecule is CCCC(C)CNc1ccc(C(=O)OCC)cc1. The smallest absolute Gasteiger partial charge is 0.338 e. The number of benzene rings is 1. The van der Waals surface area contributed by atoms with Gasteiger partial charge in [-0.2, -0.15) is 0 Å². The molecule has 3 heteroatoms. The monoisotopic (exact) mass is 249 g/mol. The predicted molar refractivity (Wildman–Crippen MR) is 75.0 cm³/mol. The van der Waals surface area contributed by atoms with Crippen molar-refractivity contribution in [3.05, 3.63) is 29.8 Å². The molecule has 18 heavy (non-hydrogen) atoms. The van der Waals surface area contributed by atoms with Crippen molar-refractivity contribution in [1.82, 2.24) is 0 Å². The second-order valence-electron chi connectivity index (χ2n) is 4.57. The van der Waals surface area contributed by atoms with Gasteiger partial charge < -0.3 is 10.1 Å². The zero-order valence-corrected chi connectivity index (χ0v) is 11.5. The highest BCUT2D eigenvalue weighted by molar-refractivity contribution is 5.89. The Kier molecular flexibility index (Phi) is 6.26. The van der Waals surface area contributed by atoms with E-state index in [4.69, 9.17) is 4.74 Å². The van der Waals surface area contributed by atoms with Crippen LogP contribution in [-0.4, -0.2) is 19.1 Å². The van der Waals surface area contributed by atoms with E-state index in [0.717, 1.165) is 12.2 Å². The lowest BCUT2D eigenvalue weighted by atomic mass is 10.1. The largest absolute Gasteiger partial charge is 0.462 e. The average Bonchev–Trinajstić information content (AvgIpc) is 2.37. The van der Waals surface area contributed by atoms with Crippen LogP contribution in [0.25, 0.3) is 0 Å². The molecule has 0 spiro atoms. The Morgan fingerprint density at radius 1 is 1.28 bits per heavy atom. The molecule has 1 unspecified atom stereocenters. The minimum Gasteiger partial charge on any atom is -0.462 e. The molecule has 3 nitrogen and oxygen atoms in total. The van der Waals surface area contributed by atoms with E-state index in [1.165, 1.54) is 12.8 Å². The number of carbonyl (C=O) groups excluding carboxylic acids is 1. The molecule has 1 rings (SSSR count). The predicted octanol–water partition coefficient (Wildman–Crippen LogP) is 3.71. The van der Waals surface area contributed by atoms with Crippen molar-refractivity contribution in [2.24, 2.45) is 5.92 Å². The van der Waals surface area contributed by atoms with Crippen LogP contribution in [0.15, 0.2) is 24.3 Å². The summed E-state index contributed by atoms with van der Waals surface area (Å²) >= 11 is 0. The Hall–Kier alpha value is -1.51. The zero-order valence-electron chi connectivity index (χ0n) is 11.5. The van der Waals surface area contributed by atoms with E-state index in [2.05, 4.69) is 19.2 Å². The summed E-state index contributed by atoms with van der Waals surface area (Å²) < 4.78 is 4.94. The third-order valence-electron chi connectivity index (χ3n) is 2.83. The minimum absolute atomic E-state index is 0.261.